The van der Waals surface area contributed by atoms with E-state index in [0.29, 0.717) is 18.8 Å². The van der Waals surface area contributed by atoms with Gasteiger partial charge in [0.1, 0.15) is 5.82 Å². The summed E-state index contributed by atoms with van der Waals surface area (Å²) in [7, 11) is 1.37. The van der Waals surface area contributed by atoms with Crippen molar-refractivity contribution in [3.63, 3.8) is 0 Å². The van der Waals surface area contributed by atoms with Crippen LogP contribution in [0.2, 0.25) is 0 Å². The predicted octanol–water partition coefficient (Wildman–Crippen LogP) is 1.51. The minimum absolute atomic E-state index is 0.163. The first kappa shape index (κ1) is 15.4. The third kappa shape index (κ3) is 4.01. The van der Waals surface area contributed by atoms with Crippen molar-refractivity contribution >= 4 is 17.6 Å². The third-order valence-corrected chi connectivity index (χ3v) is 3.69. The summed E-state index contributed by atoms with van der Waals surface area (Å²) in [6, 6.07) is 5.61. The van der Waals surface area contributed by atoms with E-state index >= 15 is 0 Å². The molecule has 5 nitrogen and oxygen atoms in total. The molecule has 0 saturated carbocycles. The Hall–Kier alpha value is -1.95. The van der Waals surface area contributed by atoms with Gasteiger partial charge in [-0.15, -0.1) is 0 Å². The van der Waals surface area contributed by atoms with Gasteiger partial charge in [-0.25, -0.2) is 4.39 Å². The van der Waals surface area contributed by atoms with E-state index in [0.717, 1.165) is 0 Å². The molecule has 0 radical (unpaired) electrons. The maximum absolute atomic E-state index is 12.8. The van der Waals surface area contributed by atoms with Gasteiger partial charge in [-0.05, 0) is 30.2 Å². The second kappa shape index (κ2) is 6.67. The number of benzene rings is 1. The molecule has 1 aromatic carbocycles. The number of anilines is 1. The van der Waals surface area contributed by atoms with Gasteiger partial charge in [-0.1, -0.05) is 6.92 Å². The molecule has 114 valence electrons. The first-order chi connectivity index (χ1) is 9.99. The van der Waals surface area contributed by atoms with Crippen molar-refractivity contribution in [2.24, 2.45) is 11.8 Å². The zero-order chi connectivity index (χ0) is 15.4. The molecule has 1 heterocycles. The lowest BCUT2D eigenvalue weighted by Crippen LogP contribution is -2.32. The highest BCUT2D eigenvalue weighted by Gasteiger charge is 2.36. The van der Waals surface area contributed by atoms with E-state index in [9.17, 15) is 14.0 Å². The number of likely N-dealkylation sites (tertiary alicyclic amines) is 1. The Labute approximate surface area is 123 Å². The third-order valence-electron chi connectivity index (χ3n) is 3.69. The standard InChI is InChI=1S/C15H19FN2O3/c1-10-7-18(8-13(10)15(20)21-2)9-14(19)17-12-5-3-11(16)4-6-12/h3-6,10,13H,7-9H2,1-2H3,(H,17,19). The first-order valence-electron chi connectivity index (χ1n) is 6.85. The number of carbonyl (C=O) groups excluding carboxylic acids is 2. The lowest BCUT2D eigenvalue weighted by atomic mass is 9.99. The molecule has 2 atom stereocenters. The number of esters is 1. The summed E-state index contributed by atoms with van der Waals surface area (Å²) in [5.41, 5.74) is 0.554. The second-order valence-electron chi connectivity index (χ2n) is 5.36. The minimum atomic E-state index is -0.345. The van der Waals surface area contributed by atoms with Gasteiger partial charge in [0.2, 0.25) is 5.91 Å². The van der Waals surface area contributed by atoms with Crippen LogP contribution in [0.4, 0.5) is 10.1 Å². The molecule has 1 saturated heterocycles. The SMILES string of the molecule is COC(=O)C1CN(CC(=O)Nc2ccc(F)cc2)CC1C. The van der Waals surface area contributed by atoms with Crippen molar-refractivity contribution in [1.82, 2.24) is 4.90 Å². The summed E-state index contributed by atoms with van der Waals surface area (Å²) < 4.78 is 17.5. The predicted molar refractivity (Wildman–Crippen MR) is 76.1 cm³/mol. The molecule has 0 aliphatic carbocycles. The Morgan fingerprint density at radius 1 is 1.33 bits per heavy atom. The maximum Gasteiger partial charge on any atom is 0.310 e. The molecule has 2 rings (SSSR count). The number of halogens is 1. The van der Waals surface area contributed by atoms with Crippen LogP contribution in [0.1, 0.15) is 6.92 Å². The van der Waals surface area contributed by atoms with Crippen LogP contribution in [0.15, 0.2) is 24.3 Å². The molecule has 1 fully saturated rings. The number of hydrogen-bond donors (Lipinski definition) is 1. The minimum Gasteiger partial charge on any atom is -0.469 e. The average Bonchev–Trinajstić information content (AvgIpc) is 2.81. The molecule has 0 aromatic heterocycles. The van der Waals surface area contributed by atoms with E-state index < -0.39 is 0 Å². The largest absolute Gasteiger partial charge is 0.469 e. The van der Waals surface area contributed by atoms with Crippen LogP contribution in [0, 0.1) is 17.7 Å². The number of amides is 1. The number of rotatable bonds is 4. The van der Waals surface area contributed by atoms with E-state index in [1.165, 1.54) is 31.4 Å². The van der Waals surface area contributed by atoms with Crippen molar-refractivity contribution in [3.8, 4) is 0 Å². The van der Waals surface area contributed by atoms with Crippen LogP contribution in [0.25, 0.3) is 0 Å². The first-order valence-corrected chi connectivity index (χ1v) is 6.85. The Morgan fingerprint density at radius 3 is 2.62 bits per heavy atom. The average molecular weight is 294 g/mol. The quantitative estimate of drug-likeness (QED) is 0.855. The van der Waals surface area contributed by atoms with E-state index in [1.54, 1.807) is 0 Å². The second-order valence-corrected chi connectivity index (χ2v) is 5.36. The van der Waals surface area contributed by atoms with E-state index in [-0.39, 0.29) is 36.1 Å². The molecule has 0 spiro atoms. The molecule has 21 heavy (non-hydrogen) atoms. The molecule has 2 unspecified atom stereocenters. The molecule has 0 bridgehead atoms. The molecular weight excluding hydrogens is 275 g/mol. The zero-order valence-corrected chi connectivity index (χ0v) is 12.1. The molecule has 1 N–H and O–H groups in total. The lowest BCUT2D eigenvalue weighted by molar-refractivity contribution is -0.146. The highest BCUT2D eigenvalue weighted by Crippen LogP contribution is 2.23. The summed E-state index contributed by atoms with van der Waals surface area (Å²) in [6.07, 6.45) is 0. The van der Waals surface area contributed by atoms with Crippen LogP contribution < -0.4 is 5.32 Å². The van der Waals surface area contributed by atoms with Crippen molar-refractivity contribution in [2.45, 2.75) is 6.92 Å². The van der Waals surface area contributed by atoms with Gasteiger partial charge < -0.3 is 10.1 Å². The summed E-state index contributed by atoms with van der Waals surface area (Å²) in [4.78, 5) is 25.5. The lowest BCUT2D eigenvalue weighted by Gasteiger charge is -2.15. The van der Waals surface area contributed by atoms with Crippen molar-refractivity contribution in [1.29, 1.82) is 0 Å². The fourth-order valence-electron chi connectivity index (χ4n) is 2.59. The summed E-state index contributed by atoms with van der Waals surface area (Å²) in [5.74, 6) is -0.782. The topological polar surface area (TPSA) is 58.6 Å². The van der Waals surface area contributed by atoms with Gasteiger partial charge in [0.15, 0.2) is 0 Å². The van der Waals surface area contributed by atoms with Crippen LogP contribution in [-0.2, 0) is 14.3 Å². The van der Waals surface area contributed by atoms with E-state index in [4.69, 9.17) is 4.74 Å². The molecule has 1 aliphatic rings. The summed E-state index contributed by atoms with van der Waals surface area (Å²) in [6.45, 7) is 3.37. The summed E-state index contributed by atoms with van der Waals surface area (Å²) >= 11 is 0. The van der Waals surface area contributed by atoms with Crippen LogP contribution >= 0.6 is 0 Å². The van der Waals surface area contributed by atoms with Crippen LogP contribution in [0.5, 0.6) is 0 Å². The Morgan fingerprint density at radius 2 is 2.00 bits per heavy atom. The van der Waals surface area contributed by atoms with Crippen LogP contribution in [0.3, 0.4) is 0 Å². The van der Waals surface area contributed by atoms with Crippen molar-refractivity contribution in [3.05, 3.63) is 30.1 Å². The van der Waals surface area contributed by atoms with E-state index in [1.807, 2.05) is 11.8 Å². The van der Waals surface area contributed by atoms with Gasteiger partial charge in [-0.2, -0.15) is 0 Å². The highest BCUT2D eigenvalue weighted by molar-refractivity contribution is 5.92. The molecule has 1 aromatic rings. The monoisotopic (exact) mass is 294 g/mol. The fourth-order valence-corrected chi connectivity index (χ4v) is 2.59. The van der Waals surface area contributed by atoms with Gasteiger partial charge in [0.05, 0.1) is 19.6 Å². The normalized spacial score (nSPS) is 22.0. The van der Waals surface area contributed by atoms with Gasteiger partial charge in [-0.3, -0.25) is 14.5 Å². The Bertz CT molecular complexity index is 518. The van der Waals surface area contributed by atoms with Crippen molar-refractivity contribution < 1.29 is 18.7 Å². The van der Waals surface area contributed by atoms with E-state index in [2.05, 4.69) is 5.32 Å². The highest BCUT2D eigenvalue weighted by atomic mass is 19.1. The van der Waals surface area contributed by atoms with Gasteiger partial charge >= 0.3 is 5.97 Å². The smallest absolute Gasteiger partial charge is 0.310 e. The van der Waals surface area contributed by atoms with Gasteiger partial charge in [0, 0.05) is 18.8 Å². The number of methoxy groups -OCH3 is 1. The number of ether oxygens (including phenoxy) is 1. The van der Waals surface area contributed by atoms with Crippen molar-refractivity contribution in [2.75, 3.05) is 32.1 Å². The number of hydrogen-bond acceptors (Lipinski definition) is 4. The van der Waals surface area contributed by atoms with Crippen LogP contribution in [-0.4, -0.2) is 43.5 Å². The molecule has 6 heteroatoms. The summed E-state index contributed by atoms with van der Waals surface area (Å²) in [5, 5.41) is 2.71. The fraction of sp³-hybridized carbons (Fsp3) is 0.467. The molecule has 1 amide bonds. The number of nitrogens with one attached hydrogen (secondary N) is 1. The molecule has 1 aliphatic heterocycles. The Kier molecular flexibility index (Phi) is 4.90. The zero-order valence-electron chi connectivity index (χ0n) is 12.1. The Balaban J connectivity index is 1.86. The number of nitrogens with zero attached hydrogens (tertiary/aromatic N) is 1. The molecular formula is C15H19FN2O3. The maximum atomic E-state index is 12.8. The number of carbonyl (C=O) groups is 2. The van der Waals surface area contributed by atoms with Gasteiger partial charge in [0.25, 0.3) is 0 Å².